The molecule has 110 valence electrons. The van der Waals surface area contributed by atoms with E-state index in [9.17, 15) is 4.79 Å². The summed E-state index contributed by atoms with van der Waals surface area (Å²) in [6, 6.07) is 8.98. The molecule has 0 unspecified atom stereocenters. The highest BCUT2D eigenvalue weighted by atomic mass is 35.5. The highest BCUT2D eigenvalue weighted by Crippen LogP contribution is 2.34. The minimum Gasteiger partial charge on any atom is -0.493 e. The van der Waals surface area contributed by atoms with Gasteiger partial charge in [0.15, 0.2) is 17.3 Å². The molecule has 0 amide bonds. The van der Waals surface area contributed by atoms with Gasteiger partial charge in [-0.05, 0) is 31.5 Å². The highest BCUT2D eigenvalue weighted by molar-refractivity contribution is 6.35. The van der Waals surface area contributed by atoms with Gasteiger partial charge in [0.25, 0.3) is 0 Å². The van der Waals surface area contributed by atoms with Crippen LogP contribution in [0.5, 0.6) is 11.5 Å². The standard InChI is InChI=1S/C17H17ClO3/c1-10-5-6-11(2)12(7-10)17(19)13-8-15(20-3)16(21-4)9-14(13)18/h5-9H,1-4H3. The lowest BCUT2D eigenvalue weighted by molar-refractivity contribution is 0.103. The van der Waals surface area contributed by atoms with Crippen LogP contribution in [0.15, 0.2) is 30.3 Å². The first-order valence-electron chi connectivity index (χ1n) is 6.51. The van der Waals surface area contributed by atoms with E-state index >= 15 is 0 Å². The number of hydrogen-bond donors (Lipinski definition) is 0. The fourth-order valence-electron chi connectivity index (χ4n) is 2.15. The van der Waals surface area contributed by atoms with Gasteiger partial charge in [0, 0.05) is 17.2 Å². The van der Waals surface area contributed by atoms with E-state index in [2.05, 4.69) is 0 Å². The van der Waals surface area contributed by atoms with E-state index in [1.807, 2.05) is 32.0 Å². The average Bonchev–Trinajstić information content (AvgIpc) is 2.48. The van der Waals surface area contributed by atoms with E-state index in [4.69, 9.17) is 21.1 Å². The number of ether oxygens (including phenoxy) is 2. The number of rotatable bonds is 4. The Morgan fingerprint density at radius 3 is 2.19 bits per heavy atom. The zero-order valence-electron chi connectivity index (χ0n) is 12.5. The third-order valence-corrected chi connectivity index (χ3v) is 3.67. The van der Waals surface area contributed by atoms with E-state index in [1.54, 1.807) is 12.1 Å². The molecule has 0 N–H and O–H groups in total. The van der Waals surface area contributed by atoms with Crippen LogP contribution in [0, 0.1) is 13.8 Å². The minimum atomic E-state index is -0.123. The van der Waals surface area contributed by atoms with Crippen molar-refractivity contribution in [3.05, 3.63) is 57.6 Å². The molecular weight excluding hydrogens is 288 g/mol. The van der Waals surface area contributed by atoms with Gasteiger partial charge in [0.1, 0.15) is 0 Å². The Balaban J connectivity index is 2.55. The number of carbonyl (C=O) groups is 1. The Labute approximate surface area is 129 Å². The van der Waals surface area contributed by atoms with Crippen molar-refractivity contribution in [2.45, 2.75) is 13.8 Å². The van der Waals surface area contributed by atoms with Crippen molar-refractivity contribution in [2.75, 3.05) is 14.2 Å². The quantitative estimate of drug-likeness (QED) is 0.794. The van der Waals surface area contributed by atoms with Crippen LogP contribution in [-0.2, 0) is 0 Å². The topological polar surface area (TPSA) is 35.5 Å². The smallest absolute Gasteiger partial charge is 0.194 e. The van der Waals surface area contributed by atoms with Gasteiger partial charge >= 0.3 is 0 Å². The van der Waals surface area contributed by atoms with Crippen molar-refractivity contribution >= 4 is 17.4 Å². The first-order chi connectivity index (χ1) is 9.97. The van der Waals surface area contributed by atoms with Gasteiger partial charge in [0.2, 0.25) is 0 Å². The summed E-state index contributed by atoms with van der Waals surface area (Å²) in [5.41, 5.74) is 2.99. The third kappa shape index (κ3) is 3.03. The largest absolute Gasteiger partial charge is 0.493 e. The van der Waals surface area contributed by atoms with Gasteiger partial charge in [-0.3, -0.25) is 4.79 Å². The summed E-state index contributed by atoms with van der Waals surface area (Å²) in [6.07, 6.45) is 0. The normalized spacial score (nSPS) is 10.3. The van der Waals surface area contributed by atoms with Gasteiger partial charge in [-0.25, -0.2) is 0 Å². The van der Waals surface area contributed by atoms with Crippen molar-refractivity contribution in [2.24, 2.45) is 0 Å². The van der Waals surface area contributed by atoms with Crippen LogP contribution >= 0.6 is 11.6 Å². The molecule has 3 nitrogen and oxygen atoms in total. The molecule has 0 fully saturated rings. The molecule has 0 saturated heterocycles. The molecule has 2 rings (SSSR count). The second kappa shape index (κ2) is 6.19. The van der Waals surface area contributed by atoms with Crippen LogP contribution in [0.25, 0.3) is 0 Å². The number of ketones is 1. The molecule has 0 aliphatic heterocycles. The second-order valence-corrected chi connectivity index (χ2v) is 5.24. The molecule has 0 radical (unpaired) electrons. The molecule has 21 heavy (non-hydrogen) atoms. The molecule has 0 aromatic heterocycles. The van der Waals surface area contributed by atoms with E-state index in [1.165, 1.54) is 14.2 Å². The molecule has 0 saturated carbocycles. The Hall–Kier alpha value is -2.00. The summed E-state index contributed by atoms with van der Waals surface area (Å²) in [6.45, 7) is 3.85. The predicted octanol–water partition coefficient (Wildman–Crippen LogP) is 4.21. The van der Waals surface area contributed by atoms with Crippen molar-refractivity contribution in [3.8, 4) is 11.5 Å². The Kier molecular flexibility index (Phi) is 4.53. The first-order valence-corrected chi connectivity index (χ1v) is 6.89. The molecular formula is C17H17ClO3. The van der Waals surface area contributed by atoms with Gasteiger partial charge in [-0.2, -0.15) is 0 Å². The van der Waals surface area contributed by atoms with Crippen LogP contribution in [0.2, 0.25) is 5.02 Å². The van der Waals surface area contributed by atoms with Gasteiger partial charge in [0.05, 0.1) is 19.2 Å². The molecule has 0 bridgehead atoms. The Bertz CT molecular complexity index is 693. The summed E-state index contributed by atoms with van der Waals surface area (Å²) in [4.78, 5) is 12.7. The molecule has 4 heteroatoms. The maximum atomic E-state index is 12.7. The fraction of sp³-hybridized carbons (Fsp3) is 0.235. The summed E-state index contributed by atoms with van der Waals surface area (Å²) < 4.78 is 10.4. The number of carbonyl (C=O) groups excluding carboxylic acids is 1. The van der Waals surface area contributed by atoms with Crippen LogP contribution < -0.4 is 9.47 Å². The van der Waals surface area contributed by atoms with E-state index in [0.29, 0.717) is 27.6 Å². The molecule has 0 heterocycles. The minimum absolute atomic E-state index is 0.123. The molecule has 0 aliphatic carbocycles. The van der Waals surface area contributed by atoms with Gasteiger partial charge in [-0.15, -0.1) is 0 Å². The Morgan fingerprint density at radius 1 is 0.952 bits per heavy atom. The zero-order chi connectivity index (χ0) is 15.6. The molecule has 0 spiro atoms. The molecule has 2 aromatic carbocycles. The van der Waals surface area contributed by atoms with Crippen molar-refractivity contribution in [3.63, 3.8) is 0 Å². The number of halogens is 1. The number of methoxy groups -OCH3 is 2. The Morgan fingerprint density at radius 2 is 1.57 bits per heavy atom. The SMILES string of the molecule is COc1cc(Cl)c(C(=O)c2cc(C)ccc2C)cc1OC. The number of hydrogen-bond acceptors (Lipinski definition) is 3. The molecule has 0 aliphatic rings. The number of benzene rings is 2. The average molecular weight is 305 g/mol. The van der Waals surface area contributed by atoms with E-state index < -0.39 is 0 Å². The lowest BCUT2D eigenvalue weighted by Gasteiger charge is -2.12. The molecule has 2 aromatic rings. The summed E-state index contributed by atoms with van der Waals surface area (Å²) >= 11 is 6.22. The maximum Gasteiger partial charge on any atom is 0.194 e. The van der Waals surface area contributed by atoms with E-state index in [0.717, 1.165) is 11.1 Å². The maximum absolute atomic E-state index is 12.7. The second-order valence-electron chi connectivity index (χ2n) is 4.83. The summed E-state index contributed by atoms with van der Waals surface area (Å²) in [7, 11) is 3.05. The summed E-state index contributed by atoms with van der Waals surface area (Å²) in [5.74, 6) is 0.859. The highest BCUT2D eigenvalue weighted by Gasteiger charge is 2.18. The zero-order valence-corrected chi connectivity index (χ0v) is 13.2. The van der Waals surface area contributed by atoms with Crippen molar-refractivity contribution in [1.82, 2.24) is 0 Å². The van der Waals surface area contributed by atoms with Crippen LogP contribution in [0.1, 0.15) is 27.0 Å². The van der Waals surface area contributed by atoms with Gasteiger partial charge in [-0.1, -0.05) is 29.3 Å². The lowest BCUT2D eigenvalue weighted by Crippen LogP contribution is -2.06. The van der Waals surface area contributed by atoms with Crippen molar-refractivity contribution in [1.29, 1.82) is 0 Å². The van der Waals surface area contributed by atoms with Crippen LogP contribution in [-0.4, -0.2) is 20.0 Å². The van der Waals surface area contributed by atoms with Crippen LogP contribution in [0.4, 0.5) is 0 Å². The third-order valence-electron chi connectivity index (χ3n) is 3.36. The summed E-state index contributed by atoms with van der Waals surface area (Å²) in [5, 5.41) is 0.346. The van der Waals surface area contributed by atoms with Crippen molar-refractivity contribution < 1.29 is 14.3 Å². The van der Waals surface area contributed by atoms with Gasteiger partial charge < -0.3 is 9.47 Å². The predicted molar refractivity (Wildman–Crippen MR) is 83.9 cm³/mol. The monoisotopic (exact) mass is 304 g/mol. The lowest BCUT2D eigenvalue weighted by atomic mass is 9.97. The first kappa shape index (κ1) is 15.4. The van der Waals surface area contributed by atoms with E-state index in [-0.39, 0.29) is 5.78 Å². The number of aryl methyl sites for hydroxylation is 2. The fourth-order valence-corrected chi connectivity index (χ4v) is 2.39. The molecule has 0 atom stereocenters. The van der Waals surface area contributed by atoms with Crippen LogP contribution in [0.3, 0.4) is 0 Å².